The fraction of sp³-hybridized carbons (Fsp3) is 0.263. The van der Waals surface area contributed by atoms with Gasteiger partial charge in [-0.1, -0.05) is 48.5 Å². The summed E-state index contributed by atoms with van der Waals surface area (Å²) in [4.78, 5) is 7.22. The van der Waals surface area contributed by atoms with Crippen molar-refractivity contribution in [1.82, 2.24) is 9.88 Å². The summed E-state index contributed by atoms with van der Waals surface area (Å²) in [5, 5.41) is 1.33. The van der Waals surface area contributed by atoms with Crippen LogP contribution < -0.4 is 0 Å². The molecule has 2 nitrogen and oxygen atoms in total. The number of benzene rings is 2. The predicted molar refractivity (Wildman–Crippen MR) is 97.6 cm³/mol. The van der Waals surface area contributed by atoms with E-state index in [-0.39, 0.29) is 0 Å². The second-order valence-corrected chi connectivity index (χ2v) is 6.85. The van der Waals surface area contributed by atoms with Crippen molar-refractivity contribution >= 4 is 22.7 Å². The minimum atomic E-state index is 1.13. The molecule has 3 aromatic rings. The normalized spacial score (nSPS) is 11.4. The molecule has 0 amide bonds. The van der Waals surface area contributed by atoms with Gasteiger partial charge in [0.2, 0.25) is 0 Å². The molecule has 0 aliphatic carbocycles. The number of nitrogens with one attached hydrogen (secondary N) is 1. The standard InChI is InChI=1S/C19H22N2S/c1-21(2)13-8-14-22-19-16-11-6-7-12-17(16)20-18(19)15-9-4-3-5-10-15/h3-7,9-12,20H,8,13-14H2,1-2H3. The van der Waals surface area contributed by atoms with E-state index in [1.165, 1.54) is 33.5 Å². The number of para-hydroxylation sites is 1. The van der Waals surface area contributed by atoms with Gasteiger partial charge in [0.15, 0.2) is 0 Å². The van der Waals surface area contributed by atoms with Gasteiger partial charge in [-0.25, -0.2) is 0 Å². The van der Waals surface area contributed by atoms with Crippen LogP contribution >= 0.6 is 11.8 Å². The summed E-state index contributed by atoms with van der Waals surface area (Å²) in [6.45, 7) is 1.13. The molecule has 3 rings (SSSR count). The monoisotopic (exact) mass is 310 g/mol. The summed E-state index contributed by atoms with van der Waals surface area (Å²) >= 11 is 1.96. The summed E-state index contributed by atoms with van der Waals surface area (Å²) < 4.78 is 0. The van der Waals surface area contributed by atoms with Gasteiger partial charge < -0.3 is 9.88 Å². The van der Waals surface area contributed by atoms with E-state index in [1.807, 2.05) is 11.8 Å². The summed E-state index contributed by atoms with van der Waals surface area (Å²) in [5.74, 6) is 1.14. The van der Waals surface area contributed by atoms with Crippen LogP contribution in [0.4, 0.5) is 0 Å². The highest BCUT2D eigenvalue weighted by Gasteiger charge is 2.13. The van der Waals surface area contributed by atoms with Crippen molar-refractivity contribution in [3.05, 3.63) is 54.6 Å². The van der Waals surface area contributed by atoms with Gasteiger partial charge in [-0.2, -0.15) is 0 Å². The fourth-order valence-electron chi connectivity index (χ4n) is 2.63. The lowest BCUT2D eigenvalue weighted by Gasteiger charge is -2.09. The summed E-state index contributed by atoms with van der Waals surface area (Å²) in [6, 6.07) is 19.2. The van der Waals surface area contributed by atoms with E-state index < -0.39 is 0 Å². The number of thioether (sulfide) groups is 1. The number of H-pyrrole nitrogens is 1. The van der Waals surface area contributed by atoms with Gasteiger partial charge in [-0.15, -0.1) is 11.8 Å². The van der Waals surface area contributed by atoms with Crippen LogP contribution in [0.1, 0.15) is 6.42 Å². The molecule has 1 aromatic heterocycles. The maximum absolute atomic E-state index is 3.60. The first-order valence-corrected chi connectivity index (χ1v) is 8.68. The molecule has 0 unspecified atom stereocenters. The van der Waals surface area contributed by atoms with Crippen LogP contribution in [0.3, 0.4) is 0 Å². The lowest BCUT2D eigenvalue weighted by molar-refractivity contribution is 0.410. The lowest BCUT2D eigenvalue weighted by Crippen LogP contribution is -2.13. The van der Waals surface area contributed by atoms with Gasteiger partial charge in [0.25, 0.3) is 0 Å². The van der Waals surface area contributed by atoms with Gasteiger partial charge in [0.05, 0.1) is 5.69 Å². The number of hydrogen-bond acceptors (Lipinski definition) is 2. The van der Waals surface area contributed by atoms with Gasteiger partial charge in [0.1, 0.15) is 0 Å². The van der Waals surface area contributed by atoms with Crippen LogP contribution in [0.25, 0.3) is 22.2 Å². The molecule has 114 valence electrons. The zero-order valence-corrected chi connectivity index (χ0v) is 14.0. The molecule has 1 N–H and O–H groups in total. The van der Waals surface area contributed by atoms with Crippen LogP contribution in [0.15, 0.2) is 59.5 Å². The zero-order chi connectivity index (χ0) is 15.4. The number of hydrogen-bond donors (Lipinski definition) is 1. The molecule has 0 saturated carbocycles. The summed E-state index contributed by atoms with van der Waals surface area (Å²) in [5.41, 5.74) is 3.72. The Labute approximate surface area is 136 Å². The number of rotatable bonds is 6. The van der Waals surface area contributed by atoms with Gasteiger partial charge >= 0.3 is 0 Å². The third-order valence-corrected chi connectivity index (χ3v) is 4.92. The molecule has 0 aliphatic rings. The Kier molecular flexibility index (Phi) is 4.86. The molecule has 22 heavy (non-hydrogen) atoms. The van der Waals surface area contributed by atoms with Crippen molar-refractivity contribution in [3.63, 3.8) is 0 Å². The molecule has 1 heterocycles. The summed E-state index contributed by atoms with van der Waals surface area (Å²) in [6.07, 6.45) is 1.20. The average molecular weight is 310 g/mol. The van der Waals surface area contributed by atoms with Crippen LogP contribution in [-0.2, 0) is 0 Å². The third kappa shape index (κ3) is 3.37. The highest BCUT2D eigenvalue weighted by Crippen LogP contribution is 2.37. The zero-order valence-electron chi connectivity index (χ0n) is 13.2. The van der Waals surface area contributed by atoms with E-state index >= 15 is 0 Å². The molecule has 2 aromatic carbocycles. The molecule has 0 spiro atoms. The third-order valence-electron chi connectivity index (χ3n) is 3.72. The Balaban J connectivity index is 1.92. The fourth-order valence-corrected chi connectivity index (χ4v) is 3.75. The van der Waals surface area contributed by atoms with Crippen molar-refractivity contribution < 1.29 is 0 Å². The van der Waals surface area contributed by atoms with Gasteiger partial charge in [0, 0.05) is 15.8 Å². The molecule has 0 atom stereocenters. The van der Waals surface area contributed by atoms with Crippen molar-refractivity contribution in [2.45, 2.75) is 11.3 Å². The largest absolute Gasteiger partial charge is 0.354 e. The van der Waals surface area contributed by atoms with Crippen LogP contribution in [0.2, 0.25) is 0 Å². The molecule has 0 saturated heterocycles. The van der Waals surface area contributed by atoms with Gasteiger partial charge in [-0.05, 0) is 44.4 Å². The van der Waals surface area contributed by atoms with E-state index in [0.29, 0.717) is 0 Å². The van der Waals surface area contributed by atoms with Crippen LogP contribution in [0.5, 0.6) is 0 Å². The van der Waals surface area contributed by atoms with Crippen LogP contribution in [-0.4, -0.2) is 36.3 Å². The number of aromatic amines is 1. The minimum absolute atomic E-state index is 1.13. The minimum Gasteiger partial charge on any atom is -0.354 e. The Bertz CT molecular complexity index is 732. The van der Waals surface area contributed by atoms with E-state index in [1.54, 1.807) is 0 Å². The van der Waals surface area contributed by atoms with E-state index in [0.717, 1.165) is 12.3 Å². The molecular weight excluding hydrogens is 288 g/mol. The SMILES string of the molecule is CN(C)CCCSc1c(-c2ccccc2)[nH]c2ccccc12. The second-order valence-electron chi connectivity index (χ2n) is 5.75. The Morgan fingerprint density at radius 3 is 2.45 bits per heavy atom. The number of nitrogens with zero attached hydrogens (tertiary/aromatic N) is 1. The first kappa shape index (κ1) is 15.2. The van der Waals surface area contributed by atoms with Crippen molar-refractivity contribution in [3.8, 4) is 11.3 Å². The van der Waals surface area contributed by atoms with Crippen molar-refractivity contribution in [2.75, 3.05) is 26.4 Å². The molecule has 0 radical (unpaired) electrons. The molecule has 0 aliphatic heterocycles. The molecule has 0 fully saturated rings. The average Bonchev–Trinajstić information content (AvgIpc) is 2.91. The smallest absolute Gasteiger partial charge is 0.0603 e. The molecular formula is C19H22N2S. The highest BCUT2D eigenvalue weighted by atomic mass is 32.2. The van der Waals surface area contributed by atoms with Gasteiger partial charge in [-0.3, -0.25) is 0 Å². The maximum atomic E-state index is 3.60. The van der Waals surface area contributed by atoms with E-state index in [2.05, 4.69) is 78.6 Å². The number of aromatic nitrogens is 1. The summed E-state index contributed by atoms with van der Waals surface area (Å²) in [7, 11) is 4.26. The van der Waals surface area contributed by atoms with Crippen molar-refractivity contribution in [1.29, 1.82) is 0 Å². The van der Waals surface area contributed by atoms with E-state index in [4.69, 9.17) is 0 Å². The maximum Gasteiger partial charge on any atom is 0.0603 e. The topological polar surface area (TPSA) is 19.0 Å². The second kappa shape index (κ2) is 7.03. The van der Waals surface area contributed by atoms with Crippen LogP contribution in [0, 0.1) is 0 Å². The Morgan fingerprint density at radius 2 is 1.68 bits per heavy atom. The van der Waals surface area contributed by atoms with Crippen molar-refractivity contribution in [2.24, 2.45) is 0 Å². The number of fused-ring (bicyclic) bond motifs is 1. The molecule has 3 heteroatoms. The molecule has 0 bridgehead atoms. The van der Waals surface area contributed by atoms with E-state index in [9.17, 15) is 0 Å². The first-order valence-electron chi connectivity index (χ1n) is 7.69. The lowest BCUT2D eigenvalue weighted by atomic mass is 10.1. The Hall–Kier alpha value is -1.71. The predicted octanol–water partition coefficient (Wildman–Crippen LogP) is 4.88. The highest BCUT2D eigenvalue weighted by molar-refractivity contribution is 7.99. The quantitative estimate of drug-likeness (QED) is 0.517. The Morgan fingerprint density at radius 1 is 0.955 bits per heavy atom. The first-order chi connectivity index (χ1) is 10.8.